The Bertz CT molecular complexity index is 7000. The highest BCUT2D eigenvalue weighted by molar-refractivity contribution is 7.86. The number of ether oxygens (including phenoxy) is 1. The van der Waals surface area contributed by atoms with Gasteiger partial charge in [0.15, 0.2) is 0 Å². The van der Waals surface area contributed by atoms with Crippen molar-refractivity contribution in [1.29, 1.82) is 0 Å². The van der Waals surface area contributed by atoms with E-state index in [0.717, 1.165) is 40.1 Å². The van der Waals surface area contributed by atoms with Crippen molar-refractivity contribution < 1.29 is 40.8 Å². The molecule has 2 aromatic rings. The van der Waals surface area contributed by atoms with Crippen LogP contribution in [0.4, 0.5) is 13.2 Å². The Kier molecular flexibility index (Phi) is 60.1. The molecule has 1 spiro atoms. The van der Waals surface area contributed by atoms with Gasteiger partial charge in [-0.05, 0) is 191 Å². The summed E-state index contributed by atoms with van der Waals surface area (Å²) in [7, 11) is -5.84. The van der Waals surface area contributed by atoms with Crippen molar-refractivity contribution in [2.75, 3.05) is 13.2 Å². The van der Waals surface area contributed by atoms with Crippen LogP contribution in [-0.4, -0.2) is 66.7 Å². The lowest BCUT2D eigenvalue weighted by Gasteiger charge is -2.45. The summed E-state index contributed by atoms with van der Waals surface area (Å²) >= 11 is 15.0. The highest BCUT2D eigenvalue weighted by Crippen LogP contribution is 2.47. The van der Waals surface area contributed by atoms with Crippen molar-refractivity contribution in [3.63, 3.8) is 0 Å². The van der Waals surface area contributed by atoms with E-state index in [1.807, 2.05) is 25.3 Å². The fourth-order valence-corrected chi connectivity index (χ4v) is 10.2. The van der Waals surface area contributed by atoms with E-state index in [-0.39, 0.29) is 12.2 Å². The number of rotatable bonds is 2. The first-order valence-electron chi connectivity index (χ1n) is 33.9. The molecule has 2 saturated heterocycles. The second-order valence-corrected chi connectivity index (χ2v) is 25.6. The number of hydrogen-bond donors (Lipinski definition) is 4. The van der Waals surface area contributed by atoms with E-state index in [1.54, 1.807) is 25.2 Å². The molecule has 0 aromatic carbocycles. The third-order valence-electron chi connectivity index (χ3n) is 11.7. The Hall–Kier alpha value is -18.0. The standard InChI is InChI=1S/C80H6.C13H18ClNOS.C7H13NO.C6H7ClOS.CHF3O3S/c1-3-5-7-9-11-13-15-17-19-21-23-25-27-29-31-33-35-37-39-41-43-45-47-49-51-53-55-57-59-61-63-65-67-69-71-73-75-77-79-80-78-76-74-72-70-68-66-64-62-60-58-56-54-52-50-48-46-44-42-40-38-36-34-32-30-28-26-24-22-20-18-16-14-12-10-8-6-4-2;1-8-6-13(7-9(2)15-8)12-10(3-4-16-13)5-11(14)17-12;1-5-3-7(9)4-6(2)8-5;7-6-3-5(1-2-8)4-9-6;2-1(3,4)8(5,6)7/h1-2H3;5,8-9,15H,3-4,6-7H2,1-2H3;5-6,8H,3-4H2,1-2H3;3-4,8H,1-2H2;(H,5,6,7). The number of hydrogen-bond acceptors (Lipinski definition) is 9. The number of ketones is 1. The number of thiophene rings is 2. The van der Waals surface area contributed by atoms with Crippen LogP contribution in [0.25, 0.3) is 0 Å². The predicted octanol–water partition coefficient (Wildman–Crippen LogP) is 7.53. The van der Waals surface area contributed by atoms with Crippen molar-refractivity contribution >= 4 is 61.8 Å². The maximum absolute atomic E-state index is 10.8. The van der Waals surface area contributed by atoms with Crippen LogP contribution in [0.15, 0.2) is 17.5 Å². The summed E-state index contributed by atoms with van der Waals surface area (Å²) in [5.74, 6) is 196. The molecule has 4 atom stereocenters. The van der Waals surface area contributed by atoms with Gasteiger partial charge in [0.25, 0.3) is 0 Å². The van der Waals surface area contributed by atoms with E-state index in [1.165, 1.54) is 21.8 Å². The molecule has 3 aliphatic rings. The van der Waals surface area contributed by atoms with Crippen LogP contribution in [0.5, 0.6) is 0 Å². The first-order valence-corrected chi connectivity index (χ1v) is 37.8. The molecule has 5 heterocycles. The maximum Gasteiger partial charge on any atom is 0.522 e. The molecule has 4 unspecified atom stereocenters. The topological polar surface area (TPSA) is 125 Å². The molecule has 4 N–H and O–H groups in total. The Labute approximate surface area is 740 Å². The lowest BCUT2D eigenvalue weighted by atomic mass is 9.80. The second-order valence-electron chi connectivity index (χ2n) is 20.9. The third-order valence-corrected chi connectivity index (χ3v) is 14.9. The van der Waals surface area contributed by atoms with Gasteiger partial charge in [-0.15, -0.1) is 22.7 Å². The van der Waals surface area contributed by atoms with E-state index < -0.39 is 15.6 Å². The summed E-state index contributed by atoms with van der Waals surface area (Å²) in [5.41, 5.74) is -3.08. The van der Waals surface area contributed by atoms with Crippen LogP contribution >= 0.6 is 45.9 Å². The predicted molar refractivity (Wildman–Crippen MR) is 481 cm³/mol. The Balaban J connectivity index is 0.00000137. The van der Waals surface area contributed by atoms with E-state index in [4.69, 9.17) is 46.0 Å². The van der Waals surface area contributed by atoms with Gasteiger partial charge in [-0.1, -0.05) is 35.0 Å². The molecular weight excluding hydrogens is 1630 g/mol. The number of aliphatic hydroxyl groups excluding tert-OH is 1. The monoisotopic (exact) mass is 1680 g/mol. The fourth-order valence-electron chi connectivity index (χ4n) is 7.78. The normalized spacial score (nSPS) is 12.1. The molecule has 16 heteroatoms. The second kappa shape index (κ2) is 71.8. The summed E-state index contributed by atoms with van der Waals surface area (Å²) < 4.78 is 65.4. The number of aliphatic hydroxyl groups is 1. The van der Waals surface area contributed by atoms with Gasteiger partial charge in [0.1, 0.15) is 11.4 Å². The van der Waals surface area contributed by atoms with E-state index in [0.29, 0.717) is 49.2 Å². The number of halogens is 5. The molecular formula is C107H45Cl2F3N2O6S3. The molecule has 2 fully saturated rings. The van der Waals surface area contributed by atoms with Crippen LogP contribution in [-0.2, 0) is 38.1 Å². The number of carbonyl (C=O) groups excluding carboxylic acids is 1. The average Bonchev–Trinajstić information content (AvgIpc) is 1.67. The number of carbonyl (C=O) groups is 1. The van der Waals surface area contributed by atoms with E-state index in [9.17, 15) is 18.0 Å². The van der Waals surface area contributed by atoms with Crippen LogP contribution in [0, 0.1) is 462 Å². The number of Topliss-reactive ketones (excluding diaryl/α,β-unsaturated/α-hetero) is 1. The number of fused-ring (bicyclic) bond motifs is 2. The molecule has 572 valence electrons. The van der Waals surface area contributed by atoms with Crippen LogP contribution < -0.4 is 10.6 Å². The van der Waals surface area contributed by atoms with Gasteiger partial charge in [0.2, 0.25) is 0 Å². The average molecular weight is 1680 g/mol. The highest BCUT2D eigenvalue weighted by atomic mass is 35.5. The van der Waals surface area contributed by atoms with Crippen LogP contribution in [0.3, 0.4) is 0 Å². The van der Waals surface area contributed by atoms with Gasteiger partial charge in [0.05, 0.1) is 15.3 Å². The molecule has 0 amide bonds. The summed E-state index contributed by atoms with van der Waals surface area (Å²) in [4.78, 5) is 12.2. The van der Waals surface area contributed by atoms with Crippen molar-refractivity contribution in [2.24, 2.45) is 0 Å². The number of nitrogens with one attached hydrogen (secondary N) is 2. The minimum atomic E-state index is -5.84. The number of alkyl halides is 3. The Morgan fingerprint density at radius 1 is 0.390 bits per heavy atom. The van der Waals surface area contributed by atoms with Gasteiger partial charge >= 0.3 is 15.6 Å². The summed E-state index contributed by atoms with van der Waals surface area (Å²) in [6.07, 6.45) is 5.26. The molecule has 0 saturated carbocycles. The van der Waals surface area contributed by atoms with Gasteiger partial charge in [-0.3, -0.25) is 9.35 Å². The van der Waals surface area contributed by atoms with Gasteiger partial charge in [-0.25, -0.2) is 0 Å². The largest absolute Gasteiger partial charge is 0.522 e. The van der Waals surface area contributed by atoms with E-state index >= 15 is 0 Å². The fraction of sp³-hybridized carbons (Fsp3) is 0.187. The minimum Gasteiger partial charge on any atom is -0.396 e. The molecule has 0 radical (unpaired) electrons. The zero-order valence-electron chi connectivity index (χ0n) is 65.3. The zero-order valence-corrected chi connectivity index (χ0v) is 69.3. The molecule has 123 heavy (non-hydrogen) atoms. The zero-order chi connectivity index (χ0) is 89.7. The van der Waals surface area contributed by atoms with Gasteiger partial charge < -0.3 is 20.5 Å². The summed E-state index contributed by atoms with van der Waals surface area (Å²) in [5, 5.41) is 17.3. The smallest absolute Gasteiger partial charge is 0.396 e. The Morgan fingerprint density at radius 3 is 0.780 bits per heavy atom. The van der Waals surface area contributed by atoms with Crippen LogP contribution in [0.1, 0.15) is 83.2 Å². The molecule has 2 aromatic heterocycles. The minimum absolute atomic E-state index is 0.0739. The first-order chi connectivity index (χ1) is 59.8. The first kappa shape index (κ1) is 103. The lowest BCUT2D eigenvalue weighted by Crippen LogP contribution is -2.52. The molecule has 0 bridgehead atoms. The molecule has 3 aliphatic heterocycles. The van der Waals surface area contributed by atoms with Gasteiger partial charge in [0, 0.05) is 404 Å². The summed E-state index contributed by atoms with van der Waals surface area (Å²) in [6, 6.07) is 5.80. The van der Waals surface area contributed by atoms with Crippen molar-refractivity contribution in [1.82, 2.24) is 10.6 Å². The molecule has 0 aliphatic carbocycles. The van der Waals surface area contributed by atoms with Crippen LogP contribution in [0.2, 0.25) is 8.67 Å². The Morgan fingerprint density at radius 2 is 0.602 bits per heavy atom. The number of piperidine rings is 2. The lowest BCUT2D eigenvalue weighted by molar-refractivity contribution is -0.121. The van der Waals surface area contributed by atoms with Gasteiger partial charge in [-0.2, -0.15) is 21.6 Å². The SMILES string of the molecule is CC#CC#CC#CC#CC#CC#CC#CC#CC#CC#CC#CC#CC#CC#CC#CC#CC#CC#CC#CC#CC#CC#CC#CC#CC#CC#CC#CC#CC#CC#CC#CC#CC#CC#CC#CC#CC#CC#CC#CC.CC1CC(=O)CC(C)N1.CC1CC2(CC(C)N1)OCCc1cc(Cl)sc12.O=S(=O)(O)C(F)(F)F.OCCc1csc(Cl)c1. The molecule has 8 nitrogen and oxygen atoms in total. The van der Waals surface area contributed by atoms with Crippen molar-refractivity contribution in [3.05, 3.63) is 42.2 Å². The quantitative estimate of drug-likeness (QED) is 0.138. The highest BCUT2D eigenvalue weighted by Gasteiger charge is 2.45. The van der Waals surface area contributed by atoms with Crippen molar-refractivity contribution in [3.8, 4) is 462 Å². The molecule has 5 rings (SSSR count). The third kappa shape index (κ3) is 63.1. The van der Waals surface area contributed by atoms with Crippen molar-refractivity contribution in [2.45, 2.75) is 115 Å². The maximum atomic E-state index is 10.8. The summed E-state index contributed by atoms with van der Waals surface area (Å²) in [6.45, 7) is 13.0. The van der Waals surface area contributed by atoms with E-state index in [2.05, 4.69) is 492 Å².